The molecule has 2 amide bonds. The van der Waals surface area contributed by atoms with Crippen LogP contribution in [0.5, 0.6) is 0 Å². The molecule has 6 nitrogen and oxygen atoms in total. The highest BCUT2D eigenvalue weighted by atomic mass is 35.5. The lowest BCUT2D eigenvalue weighted by molar-refractivity contribution is -0.127. The summed E-state index contributed by atoms with van der Waals surface area (Å²) >= 11 is 6.01. The number of hydrogen-bond acceptors (Lipinski definition) is 4. The number of halogens is 1. The van der Waals surface area contributed by atoms with Gasteiger partial charge in [-0.05, 0) is 70.2 Å². The van der Waals surface area contributed by atoms with Crippen LogP contribution in [0, 0.1) is 0 Å². The normalized spacial score (nSPS) is 11.7. The number of nitrogens with one attached hydrogen (secondary N) is 1. The summed E-state index contributed by atoms with van der Waals surface area (Å²) in [6, 6.07) is 25.0. The summed E-state index contributed by atoms with van der Waals surface area (Å²) in [7, 11) is 0. The molecule has 0 aliphatic carbocycles. The molecule has 0 bridgehead atoms. The first kappa shape index (κ1) is 25.9. The lowest BCUT2D eigenvalue weighted by Crippen LogP contribution is -2.49. The van der Waals surface area contributed by atoms with E-state index in [4.69, 9.17) is 11.6 Å². The lowest BCUT2D eigenvalue weighted by atomic mass is 9.99. The average molecular weight is 489 g/mol. The number of nitrogens with zero attached hydrogens (tertiary/aromatic N) is 3. The minimum absolute atomic E-state index is 0.282. The number of hydrogen-bond donors (Lipinski definition) is 1. The van der Waals surface area contributed by atoms with Gasteiger partial charge in [-0.1, -0.05) is 48.0 Å². The smallest absolute Gasteiger partial charge is 0.254 e. The molecule has 0 saturated carbocycles. The van der Waals surface area contributed by atoms with Crippen molar-refractivity contribution >= 4 is 40.8 Å². The van der Waals surface area contributed by atoms with Gasteiger partial charge in [0.2, 0.25) is 5.91 Å². The minimum Gasteiger partial charge on any atom is -0.349 e. The molecule has 0 heterocycles. The fraction of sp³-hybridized carbons (Fsp3) is 0.250. The summed E-state index contributed by atoms with van der Waals surface area (Å²) in [6.07, 6.45) is 0. The third-order valence-electron chi connectivity index (χ3n) is 5.09. The highest BCUT2D eigenvalue weighted by molar-refractivity contribution is 6.30. The molecule has 0 fully saturated rings. The number of benzene rings is 3. The Kier molecular flexibility index (Phi) is 8.58. The van der Waals surface area contributed by atoms with Crippen LogP contribution in [-0.2, 0) is 4.79 Å². The quantitative estimate of drug-likeness (QED) is 0.380. The predicted molar refractivity (Wildman–Crippen MR) is 141 cm³/mol. The Balaban J connectivity index is 2.07. The van der Waals surface area contributed by atoms with E-state index < -0.39 is 11.6 Å². The molecular weight excluding hydrogens is 460 g/mol. The molecule has 0 saturated heterocycles. The first-order valence-electron chi connectivity index (χ1n) is 11.4. The summed E-state index contributed by atoms with van der Waals surface area (Å²) in [5.41, 5.74) is 1.74. The number of carbonyl (C=O) groups excluding carboxylic acids is 2. The average Bonchev–Trinajstić information content (AvgIpc) is 2.82. The lowest BCUT2D eigenvalue weighted by Gasteiger charge is -2.33. The van der Waals surface area contributed by atoms with Gasteiger partial charge in [0.05, 0.1) is 11.4 Å². The monoisotopic (exact) mass is 488 g/mol. The Labute approximate surface area is 211 Å². The molecule has 0 aliphatic rings. The van der Waals surface area contributed by atoms with E-state index in [1.807, 2.05) is 70.2 Å². The van der Waals surface area contributed by atoms with Crippen LogP contribution in [0.2, 0.25) is 5.02 Å². The van der Waals surface area contributed by atoms with Crippen molar-refractivity contribution in [2.75, 3.05) is 6.54 Å². The number of rotatable bonds is 7. The molecule has 0 aliphatic heterocycles. The first-order valence-corrected chi connectivity index (χ1v) is 11.8. The van der Waals surface area contributed by atoms with Crippen LogP contribution in [-0.4, -0.2) is 34.8 Å². The molecule has 0 aromatic heterocycles. The van der Waals surface area contributed by atoms with Crippen LogP contribution in [0.1, 0.15) is 49.7 Å². The molecule has 1 atom stereocenters. The molecule has 1 unspecified atom stereocenters. The van der Waals surface area contributed by atoms with Crippen LogP contribution in [0.3, 0.4) is 0 Å². The Bertz CT molecular complexity index is 1230. The van der Waals surface area contributed by atoms with E-state index in [1.54, 1.807) is 36.4 Å². The van der Waals surface area contributed by atoms with Crippen molar-refractivity contribution in [3.63, 3.8) is 0 Å². The van der Waals surface area contributed by atoms with E-state index in [2.05, 4.69) is 21.3 Å². The van der Waals surface area contributed by atoms with E-state index in [-0.39, 0.29) is 11.8 Å². The van der Waals surface area contributed by atoms with E-state index >= 15 is 0 Å². The van der Waals surface area contributed by atoms with E-state index in [0.717, 1.165) is 0 Å². The minimum atomic E-state index is -0.916. The highest BCUT2D eigenvalue weighted by Gasteiger charge is 2.34. The molecule has 0 spiro atoms. The van der Waals surface area contributed by atoms with Crippen molar-refractivity contribution in [2.24, 2.45) is 9.98 Å². The van der Waals surface area contributed by atoms with Crippen LogP contribution < -0.4 is 5.32 Å². The Hall–Kier alpha value is -3.73. The molecular formula is C28H29ClN4O2. The molecule has 3 rings (SSSR count). The standard InChI is InChI=1S/C28H29ClN4O2/c1-5-33(27(35)20-15-17-21(29)18-16-20)25(26(34)32-28(2,3)4)23-13-9-10-14-24(23)31-19-30-22-11-7-6-8-12-22/h6-18,25H,5H2,1-4H3,(H,32,34). The number of carbonyl (C=O) groups is 2. The molecule has 180 valence electrons. The zero-order valence-electron chi connectivity index (χ0n) is 20.3. The molecule has 7 heteroatoms. The van der Waals surface area contributed by atoms with Crippen molar-refractivity contribution in [2.45, 2.75) is 39.3 Å². The molecule has 1 N–H and O–H groups in total. The second kappa shape index (κ2) is 11.6. The third kappa shape index (κ3) is 7.12. The summed E-state index contributed by atoms with van der Waals surface area (Å²) in [6.45, 7) is 7.84. The summed E-state index contributed by atoms with van der Waals surface area (Å²) in [5.74, 6) is -0.584. The highest BCUT2D eigenvalue weighted by Crippen LogP contribution is 2.31. The van der Waals surface area contributed by atoms with E-state index in [9.17, 15) is 9.59 Å². The van der Waals surface area contributed by atoms with E-state index in [1.165, 1.54) is 4.90 Å². The molecule has 3 aromatic carbocycles. The third-order valence-corrected chi connectivity index (χ3v) is 5.34. The van der Waals surface area contributed by atoms with Crippen LogP contribution >= 0.6 is 11.6 Å². The second-order valence-corrected chi connectivity index (χ2v) is 9.39. The van der Waals surface area contributed by atoms with Crippen molar-refractivity contribution in [1.82, 2.24) is 10.2 Å². The Morgan fingerprint density at radius 3 is 2.20 bits per heavy atom. The topological polar surface area (TPSA) is 74.1 Å². The van der Waals surface area contributed by atoms with Gasteiger partial charge in [-0.2, -0.15) is 9.98 Å². The molecule has 0 radical (unpaired) electrons. The summed E-state index contributed by atoms with van der Waals surface area (Å²) in [5, 5.41) is 3.55. The van der Waals surface area contributed by atoms with Gasteiger partial charge in [0, 0.05) is 28.2 Å². The molecule has 35 heavy (non-hydrogen) atoms. The van der Waals surface area contributed by atoms with Crippen molar-refractivity contribution in [1.29, 1.82) is 0 Å². The van der Waals surface area contributed by atoms with Crippen molar-refractivity contribution in [3.8, 4) is 0 Å². The maximum absolute atomic E-state index is 13.6. The van der Waals surface area contributed by atoms with Gasteiger partial charge in [-0.3, -0.25) is 9.59 Å². The van der Waals surface area contributed by atoms with Gasteiger partial charge >= 0.3 is 0 Å². The number of aliphatic imine (C=N–C) groups is 2. The van der Waals surface area contributed by atoms with Gasteiger partial charge in [0.15, 0.2) is 0 Å². The summed E-state index contributed by atoms with van der Waals surface area (Å²) in [4.78, 5) is 37.3. The summed E-state index contributed by atoms with van der Waals surface area (Å²) < 4.78 is 0. The van der Waals surface area contributed by atoms with Gasteiger partial charge in [-0.15, -0.1) is 0 Å². The van der Waals surface area contributed by atoms with Crippen molar-refractivity contribution in [3.05, 3.63) is 95.0 Å². The van der Waals surface area contributed by atoms with Gasteiger partial charge in [0.25, 0.3) is 5.91 Å². The van der Waals surface area contributed by atoms with Crippen LogP contribution in [0.25, 0.3) is 0 Å². The van der Waals surface area contributed by atoms with Gasteiger partial charge in [-0.25, -0.2) is 0 Å². The maximum Gasteiger partial charge on any atom is 0.254 e. The zero-order valence-corrected chi connectivity index (χ0v) is 21.1. The Morgan fingerprint density at radius 2 is 1.57 bits per heavy atom. The molecule has 3 aromatic rings. The van der Waals surface area contributed by atoms with Crippen LogP contribution in [0.4, 0.5) is 11.4 Å². The van der Waals surface area contributed by atoms with Crippen molar-refractivity contribution < 1.29 is 9.59 Å². The first-order chi connectivity index (χ1) is 16.7. The van der Waals surface area contributed by atoms with E-state index in [0.29, 0.717) is 34.1 Å². The fourth-order valence-electron chi connectivity index (χ4n) is 3.55. The maximum atomic E-state index is 13.6. The van der Waals surface area contributed by atoms with Gasteiger partial charge in [0.1, 0.15) is 12.1 Å². The fourth-order valence-corrected chi connectivity index (χ4v) is 3.68. The Morgan fingerprint density at radius 1 is 0.943 bits per heavy atom. The predicted octanol–water partition coefficient (Wildman–Crippen LogP) is 6.60. The SMILES string of the molecule is CCN(C(=O)c1ccc(Cl)cc1)C(C(=O)NC(C)(C)C)c1ccccc1N=C=Nc1ccccc1. The number of amides is 2. The second-order valence-electron chi connectivity index (χ2n) is 8.96. The van der Waals surface area contributed by atoms with Gasteiger partial charge < -0.3 is 10.2 Å². The van der Waals surface area contributed by atoms with Crippen LogP contribution in [0.15, 0.2) is 88.8 Å². The zero-order chi connectivity index (χ0) is 25.4. The largest absolute Gasteiger partial charge is 0.349 e. The number of para-hydroxylation sites is 2. The number of likely N-dealkylation sites (N-methyl/N-ethyl adjacent to an activating group) is 1.